The fourth-order valence-electron chi connectivity index (χ4n) is 2.92. The van der Waals surface area contributed by atoms with Gasteiger partial charge in [-0.05, 0) is 17.9 Å². The van der Waals surface area contributed by atoms with Gasteiger partial charge in [0.1, 0.15) is 0 Å². The molecule has 0 unspecified atom stereocenters. The van der Waals surface area contributed by atoms with Gasteiger partial charge in [-0.15, -0.1) is 11.8 Å². The molecule has 0 aliphatic carbocycles. The van der Waals surface area contributed by atoms with Gasteiger partial charge in [0, 0.05) is 30.5 Å². The van der Waals surface area contributed by atoms with Gasteiger partial charge in [0.25, 0.3) is 5.69 Å². The molecule has 1 aliphatic heterocycles. The fraction of sp³-hybridized carbons (Fsp3) is 0.588. The molecule has 1 aromatic rings. The molecule has 0 spiro atoms. The lowest BCUT2D eigenvalue weighted by molar-refractivity contribution is -0.384. The first-order chi connectivity index (χ1) is 12.2. The van der Waals surface area contributed by atoms with Crippen LogP contribution in [0, 0.1) is 16.0 Å². The van der Waals surface area contributed by atoms with Crippen LogP contribution < -0.4 is 0 Å². The summed E-state index contributed by atoms with van der Waals surface area (Å²) in [5.74, 6) is 1.26. The maximum absolute atomic E-state index is 12.6. The van der Waals surface area contributed by atoms with E-state index in [2.05, 4.69) is 0 Å². The topological polar surface area (TPSA) is 97.6 Å². The van der Waals surface area contributed by atoms with Crippen LogP contribution in [0.15, 0.2) is 24.3 Å². The largest absolute Gasteiger partial charge is 0.338 e. The first-order valence-electron chi connectivity index (χ1n) is 8.49. The van der Waals surface area contributed by atoms with Gasteiger partial charge in [0.2, 0.25) is 5.91 Å². The third-order valence-corrected chi connectivity index (χ3v) is 6.91. The summed E-state index contributed by atoms with van der Waals surface area (Å²) in [5.41, 5.74) is 0.952. The molecule has 0 saturated carbocycles. The van der Waals surface area contributed by atoms with E-state index >= 15 is 0 Å². The van der Waals surface area contributed by atoms with Crippen molar-refractivity contribution in [3.63, 3.8) is 0 Å². The van der Waals surface area contributed by atoms with Crippen LogP contribution in [0.4, 0.5) is 5.69 Å². The number of amides is 1. The molecule has 1 aliphatic rings. The summed E-state index contributed by atoms with van der Waals surface area (Å²) in [5, 5.41) is 10.7. The Balaban J connectivity index is 1.91. The number of rotatable bonds is 8. The van der Waals surface area contributed by atoms with E-state index < -0.39 is 14.8 Å². The predicted molar refractivity (Wildman–Crippen MR) is 103 cm³/mol. The number of hydrogen-bond acceptors (Lipinski definition) is 6. The number of nitro groups is 1. The van der Waals surface area contributed by atoms with Gasteiger partial charge >= 0.3 is 0 Å². The Morgan fingerprint density at radius 3 is 2.50 bits per heavy atom. The van der Waals surface area contributed by atoms with E-state index in [-0.39, 0.29) is 40.8 Å². The lowest BCUT2D eigenvalue weighted by Crippen LogP contribution is -2.44. The van der Waals surface area contributed by atoms with Gasteiger partial charge in [0.15, 0.2) is 9.84 Å². The highest BCUT2D eigenvalue weighted by atomic mass is 32.2. The van der Waals surface area contributed by atoms with Gasteiger partial charge in [-0.2, -0.15) is 0 Å². The van der Waals surface area contributed by atoms with Crippen LogP contribution >= 0.6 is 11.8 Å². The predicted octanol–water partition coefficient (Wildman–Crippen LogP) is 2.50. The zero-order valence-corrected chi connectivity index (χ0v) is 16.6. The molecule has 1 amide bonds. The van der Waals surface area contributed by atoms with Crippen molar-refractivity contribution in [3.05, 3.63) is 39.9 Å². The van der Waals surface area contributed by atoms with Crippen molar-refractivity contribution in [2.24, 2.45) is 5.92 Å². The van der Waals surface area contributed by atoms with Crippen molar-refractivity contribution in [1.82, 2.24) is 4.90 Å². The number of carbonyl (C=O) groups excluding carboxylic acids is 1. The molecule has 1 aromatic carbocycles. The molecule has 9 heteroatoms. The van der Waals surface area contributed by atoms with Crippen LogP contribution in [0.25, 0.3) is 0 Å². The Morgan fingerprint density at radius 1 is 1.35 bits per heavy atom. The van der Waals surface area contributed by atoms with Crippen molar-refractivity contribution in [2.75, 3.05) is 23.8 Å². The molecule has 0 radical (unpaired) electrons. The molecule has 0 aromatic heterocycles. The Labute approximate surface area is 158 Å². The van der Waals surface area contributed by atoms with Gasteiger partial charge in [-0.1, -0.05) is 26.0 Å². The second kappa shape index (κ2) is 8.85. The Hall–Kier alpha value is -1.61. The van der Waals surface area contributed by atoms with Gasteiger partial charge in [-0.3, -0.25) is 14.9 Å². The van der Waals surface area contributed by atoms with E-state index in [9.17, 15) is 23.3 Å². The minimum absolute atomic E-state index is 0.0420. The standard InChI is InChI=1S/C17H24N2O5S2/c1-13(2)9-18(16-7-8-26(23,24)12-16)17(20)11-25-10-14-3-5-15(6-4-14)19(21)22/h3-6,13,16H,7-12H2,1-2H3/t16-/m1/s1. The average molecular weight is 401 g/mol. The Bertz CT molecular complexity index is 747. The van der Waals surface area contributed by atoms with E-state index in [4.69, 9.17) is 0 Å². The molecule has 1 atom stereocenters. The van der Waals surface area contributed by atoms with Gasteiger partial charge in [0.05, 0.1) is 22.2 Å². The third-order valence-electron chi connectivity index (χ3n) is 4.17. The molecule has 0 N–H and O–H groups in total. The number of nitro benzene ring substituents is 1. The van der Waals surface area contributed by atoms with E-state index in [1.165, 1.54) is 23.9 Å². The van der Waals surface area contributed by atoms with Gasteiger partial charge < -0.3 is 4.90 Å². The highest BCUT2D eigenvalue weighted by molar-refractivity contribution is 7.99. The van der Waals surface area contributed by atoms with Crippen LogP contribution in [0.2, 0.25) is 0 Å². The number of carbonyl (C=O) groups is 1. The second-order valence-electron chi connectivity index (χ2n) is 6.91. The number of non-ortho nitro benzene ring substituents is 1. The van der Waals surface area contributed by atoms with Gasteiger partial charge in [-0.25, -0.2) is 8.42 Å². The third kappa shape index (κ3) is 5.98. The number of thioether (sulfide) groups is 1. The highest BCUT2D eigenvalue weighted by Crippen LogP contribution is 2.22. The first-order valence-corrected chi connectivity index (χ1v) is 11.5. The van der Waals surface area contributed by atoms with Crippen molar-refractivity contribution < 1.29 is 18.1 Å². The maximum atomic E-state index is 12.6. The number of benzene rings is 1. The van der Waals surface area contributed by atoms with Crippen molar-refractivity contribution >= 4 is 33.2 Å². The molecule has 1 fully saturated rings. The lowest BCUT2D eigenvalue weighted by atomic mass is 10.1. The lowest BCUT2D eigenvalue weighted by Gasteiger charge is -2.30. The zero-order chi connectivity index (χ0) is 19.3. The van der Waals surface area contributed by atoms with E-state index in [1.54, 1.807) is 17.0 Å². The van der Waals surface area contributed by atoms with Crippen LogP contribution in [-0.4, -0.2) is 54.0 Å². The molecule has 26 heavy (non-hydrogen) atoms. The van der Waals surface area contributed by atoms with E-state index in [0.717, 1.165) is 5.56 Å². The highest BCUT2D eigenvalue weighted by Gasteiger charge is 2.34. The monoisotopic (exact) mass is 400 g/mol. The number of nitrogens with zero attached hydrogens (tertiary/aromatic N) is 2. The zero-order valence-electron chi connectivity index (χ0n) is 15.0. The van der Waals surface area contributed by atoms with Crippen molar-refractivity contribution in [3.8, 4) is 0 Å². The van der Waals surface area contributed by atoms with Crippen LogP contribution in [0.5, 0.6) is 0 Å². The molecule has 0 bridgehead atoms. The average Bonchev–Trinajstić information content (AvgIpc) is 2.92. The summed E-state index contributed by atoms with van der Waals surface area (Å²) in [7, 11) is -3.04. The van der Waals surface area contributed by atoms with E-state index in [0.29, 0.717) is 18.7 Å². The summed E-state index contributed by atoms with van der Waals surface area (Å²) >= 11 is 1.43. The minimum atomic E-state index is -3.04. The molecule has 1 saturated heterocycles. The van der Waals surface area contributed by atoms with Crippen molar-refractivity contribution in [1.29, 1.82) is 0 Å². The SMILES string of the molecule is CC(C)CN(C(=O)CSCc1ccc([N+](=O)[O-])cc1)[C@@H]1CCS(=O)(=O)C1. The summed E-state index contributed by atoms with van der Waals surface area (Å²) in [6, 6.07) is 6.05. The molecule has 2 rings (SSSR count). The molecule has 1 heterocycles. The summed E-state index contributed by atoms with van der Waals surface area (Å²) in [6.07, 6.45) is 0.508. The second-order valence-corrected chi connectivity index (χ2v) is 10.1. The summed E-state index contributed by atoms with van der Waals surface area (Å²) < 4.78 is 23.5. The number of hydrogen-bond donors (Lipinski definition) is 0. The van der Waals surface area contributed by atoms with Crippen LogP contribution in [-0.2, 0) is 20.4 Å². The summed E-state index contributed by atoms with van der Waals surface area (Å²) in [4.78, 5) is 24.6. The van der Waals surface area contributed by atoms with Crippen molar-refractivity contribution in [2.45, 2.75) is 32.1 Å². The minimum Gasteiger partial charge on any atom is -0.338 e. The normalized spacial score (nSPS) is 18.8. The van der Waals surface area contributed by atoms with Crippen LogP contribution in [0.1, 0.15) is 25.8 Å². The quantitative estimate of drug-likeness (QED) is 0.491. The van der Waals surface area contributed by atoms with E-state index in [1.807, 2.05) is 13.8 Å². The molecule has 7 nitrogen and oxygen atoms in total. The fourth-order valence-corrected chi connectivity index (χ4v) is 5.52. The van der Waals surface area contributed by atoms with Crippen LogP contribution in [0.3, 0.4) is 0 Å². The molecular weight excluding hydrogens is 376 g/mol. The molecule has 144 valence electrons. The first kappa shape index (κ1) is 20.7. The summed E-state index contributed by atoms with van der Waals surface area (Å²) in [6.45, 7) is 4.57. The smallest absolute Gasteiger partial charge is 0.269 e. The molecular formula is C17H24N2O5S2. The Morgan fingerprint density at radius 2 is 2.00 bits per heavy atom. The maximum Gasteiger partial charge on any atom is 0.269 e. The Kier molecular flexibility index (Phi) is 7.05. The number of sulfone groups is 1.